The molecular formula is C23H22INO3. The van der Waals surface area contributed by atoms with E-state index in [1.807, 2.05) is 67.6 Å². The van der Waals surface area contributed by atoms with Crippen LogP contribution in [0.15, 0.2) is 72.8 Å². The summed E-state index contributed by atoms with van der Waals surface area (Å²) < 4.78 is 11.5. The number of hydrogen-bond donors (Lipinski definition) is 1. The molecule has 0 spiro atoms. The molecule has 0 unspecified atom stereocenters. The molecule has 0 aliphatic rings. The quantitative estimate of drug-likeness (QED) is 0.498. The first-order chi connectivity index (χ1) is 13.5. The highest BCUT2D eigenvalue weighted by Crippen LogP contribution is 2.33. The molecule has 3 aromatic rings. The van der Waals surface area contributed by atoms with E-state index in [4.69, 9.17) is 9.47 Å². The summed E-state index contributed by atoms with van der Waals surface area (Å²) in [5, 5.41) is 3.23. The van der Waals surface area contributed by atoms with E-state index >= 15 is 0 Å². The molecule has 5 heteroatoms. The number of hydrogen-bond acceptors (Lipinski definition) is 3. The highest BCUT2D eigenvalue weighted by Gasteiger charge is 2.31. The Kier molecular flexibility index (Phi) is 6.24. The number of nitrogens with one attached hydrogen (secondary N) is 1. The van der Waals surface area contributed by atoms with Crippen LogP contribution in [-0.2, 0) is 5.54 Å². The third-order valence-corrected chi connectivity index (χ3v) is 5.68. The first kappa shape index (κ1) is 20.2. The summed E-state index contributed by atoms with van der Waals surface area (Å²) in [6.45, 7) is 2.02. The van der Waals surface area contributed by atoms with Crippen LogP contribution in [0.5, 0.6) is 11.5 Å². The molecule has 0 bridgehead atoms. The number of amides is 1. The van der Waals surface area contributed by atoms with Crippen molar-refractivity contribution in [2.75, 3.05) is 14.2 Å². The van der Waals surface area contributed by atoms with Crippen molar-refractivity contribution in [3.8, 4) is 11.5 Å². The van der Waals surface area contributed by atoms with E-state index in [9.17, 15) is 4.79 Å². The molecule has 0 saturated heterocycles. The lowest BCUT2D eigenvalue weighted by atomic mass is 9.84. The van der Waals surface area contributed by atoms with Crippen molar-refractivity contribution >= 4 is 28.5 Å². The van der Waals surface area contributed by atoms with E-state index in [0.717, 1.165) is 14.7 Å². The molecule has 0 heterocycles. The van der Waals surface area contributed by atoms with Crippen molar-refractivity contribution in [3.63, 3.8) is 0 Å². The molecule has 0 atom stereocenters. The van der Waals surface area contributed by atoms with E-state index in [-0.39, 0.29) is 5.91 Å². The van der Waals surface area contributed by atoms with Gasteiger partial charge < -0.3 is 14.8 Å². The average Bonchev–Trinajstić information content (AvgIpc) is 2.74. The lowest BCUT2D eigenvalue weighted by Crippen LogP contribution is -2.44. The van der Waals surface area contributed by atoms with Crippen LogP contribution in [0, 0.1) is 3.57 Å². The van der Waals surface area contributed by atoms with Crippen LogP contribution >= 0.6 is 22.6 Å². The van der Waals surface area contributed by atoms with Crippen molar-refractivity contribution in [2.24, 2.45) is 0 Å². The maximum absolute atomic E-state index is 13.3. The third kappa shape index (κ3) is 3.99. The van der Waals surface area contributed by atoms with Gasteiger partial charge >= 0.3 is 0 Å². The molecule has 1 N–H and O–H groups in total. The molecule has 1 amide bonds. The second kappa shape index (κ2) is 8.65. The zero-order valence-corrected chi connectivity index (χ0v) is 18.2. The minimum atomic E-state index is -0.685. The normalized spacial score (nSPS) is 11.0. The molecule has 0 radical (unpaired) electrons. The van der Waals surface area contributed by atoms with Gasteiger partial charge in [-0.05, 0) is 52.8 Å². The van der Waals surface area contributed by atoms with Gasteiger partial charge in [0.05, 0.1) is 25.3 Å². The monoisotopic (exact) mass is 487 g/mol. The summed E-state index contributed by atoms with van der Waals surface area (Å²) in [7, 11) is 3.14. The molecule has 0 saturated carbocycles. The predicted molar refractivity (Wildman–Crippen MR) is 119 cm³/mol. The maximum Gasteiger partial charge on any atom is 0.253 e. The number of methoxy groups -OCH3 is 2. The van der Waals surface area contributed by atoms with Crippen LogP contribution in [0.1, 0.15) is 28.4 Å². The fraction of sp³-hybridized carbons (Fsp3) is 0.174. The Morgan fingerprint density at radius 1 is 0.857 bits per heavy atom. The Hall–Kier alpha value is -2.54. The van der Waals surface area contributed by atoms with Gasteiger partial charge in [-0.1, -0.05) is 60.7 Å². The van der Waals surface area contributed by atoms with Crippen molar-refractivity contribution in [1.29, 1.82) is 0 Å². The Morgan fingerprint density at radius 3 is 1.79 bits per heavy atom. The summed E-state index contributed by atoms with van der Waals surface area (Å²) in [4.78, 5) is 13.3. The van der Waals surface area contributed by atoms with E-state index < -0.39 is 5.54 Å². The highest BCUT2D eigenvalue weighted by molar-refractivity contribution is 14.1. The smallest absolute Gasteiger partial charge is 0.253 e. The molecule has 3 aromatic carbocycles. The molecule has 0 aliphatic heterocycles. The van der Waals surface area contributed by atoms with Gasteiger partial charge in [-0.15, -0.1) is 0 Å². The molecule has 144 valence electrons. The summed E-state index contributed by atoms with van der Waals surface area (Å²) >= 11 is 2.14. The standard InChI is InChI=1S/C23H22INO3/c1-23(16-10-6-4-7-11-16,17-12-8-5-9-13-17)25-22(26)18-14-20(27-2)21(28-3)15-19(18)24/h4-15H,1-3H3,(H,25,26). The Balaban J connectivity index is 2.04. The number of ether oxygens (including phenoxy) is 2. The predicted octanol–water partition coefficient (Wildman–Crippen LogP) is 5.00. The third-order valence-electron chi connectivity index (χ3n) is 4.78. The van der Waals surface area contributed by atoms with Gasteiger partial charge in [-0.2, -0.15) is 0 Å². The molecule has 0 aromatic heterocycles. The fourth-order valence-corrected chi connectivity index (χ4v) is 3.86. The highest BCUT2D eigenvalue weighted by atomic mass is 127. The van der Waals surface area contributed by atoms with E-state index in [1.165, 1.54) is 0 Å². The Bertz CT molecular complexity index is 919. The number of halogens is 1. The molecule has 3 rings (SSSR count). The minimum Gasteiger partial charge on any atom is -0.493 e. The lowest BCUT2D eigenvalue weighted by Gasteiger charge is -2.32. The summed E-state index contributed by atoms with van der Waals surface area (Å²) in [5.74, 6) is 0.937. The van der Waals surface area contributed by atoms with E-state index in [0.29, 0.717) is 17.1 Å². The molecule has 4 nitrogen and oxygen atoms in total. The van der Waals surface area contributed by atoms with Crippen molar-refractivity contribution in [3.05, 3.63) is 93.1 Å². The SMILES string of the molecule is COc1cc(I)c(C(=O)NC(C)(c2ccccc2)c2ccccc2)cc1OC. The van der Waals surface area contributed by atoms with Gasteiger partial charge in [0.25, 0.3) is 5.91 Å². The van der Waals surface area contributed by atoms with Gasteiger partial charge in [-0.3, -0.25) is 4.79 Å². The van der Waals surface area contributed by atoms with Crippen LogP contribution in [0.4, 0.5) is 0 Å². The van der Waals surface area contributed by atoms with Gasteiger partial charge in [-0.25, -0.2) is 0 Å². The second-order valence-corrected chi connectivity index (χ2v) is 7.66. The van der Waals surface area contributed by atoms with Crippen molar-refractivity contribution in [2.45, 2.75) is 12.5 Å². The van der Waals surface area contributed by atoms with E-state index in [2.05, 4.69) is 27.9 Å². The van der Waals surface area contributed by atoms with Gasteiger partial charge in [0.2, 0.25) is 0 Å². The molecule has 0 fully saturated rings. The second-order valence-electron chi connectivity index (χ2n) is 6.50. The van der Waals surface area contributed by atoms with Gasteiger partial charge in [0, 0.05) is 3.57 Å². The van der Waals surface area contributed by atoms with Gasteiger partial charge in [0.15, 0.2) is 11.5 Å². The van der Waals surface area contributed by atoms with Crippen LogP contribution in [0.3, 0.4) is 0 Å². The molecular weight excluding hydrogens is 465 g/mol. The first-order valence-electron chi connectivity index (χ1n) is 8.84. The van der Waals surface area contributed by atoms with Crippen LogP contribution in [-0.4, -0.2) is 20.1 Å². The largest absolute Gasteiger partial charge is 0.493 e. The zero-order chi connectivity index (χ0) is 20.1. The van der Waals surface area contributed by atoms with E-state index in [1.54, 1.807) is 26.4 Å². The van der Waals surface area contributed by atoms with Crippen molar-refractivity contribution in [1.82, 2.24) is 5.32 Å². The fourth-order valence-electron chi connectivity index (χ4n) is 3.18. The lowest BCUT2D eigenvalue weighted by molar-refractivity contribution is 0.0917. The van der Waals surface area contributed by atoms with Crippen LogP contribution < -0.4 is 14.8 Å². The number of rotatable bonds is 6. The topological polar surface area (TPSA) is 47.6 Å². The minimum absolute atomic E-state index is 0.180. The molecule has 28 heavy (non-hydrogen) atoms. The van der Waals surface area contributed by atoms with Crippen LogP contribution in [0.2, 0.25) is 0 Å². The summed E-state index contributed by atoms with van der Waals surface area (Å²) in [5.41, 5.74) is 1.86. The number of benzene rings is 3. The van der Waals surface area contributed by atoms with Crippen LogP contribution in [0.25, 0.3) is 0 Å². The number of carbonyl (C=O) groups excluding carboxylic acids is 1. The van der Waals surface area contributed by atoms with Gasteiger partial charge in [0.1, 0.15) is 0 Å². The maximum atomic E-state index is 13.3. The van der Waals surface area contributed by atoms with Crippen molar-refractivity contribution < 1.29 is 14.3 Å². The summed E-state index contributed by atoms with van der Waals surface area (Å²) in [6.07, 6.45) is 0. The molecule has 0 aliphatic carbocycles. The first-order valence-corrected chi connectivity index (χ1v) is 9.92. The zero-order valence-electron chi connectivity index (χ0n) is 16.0. The average molecular weight is 487 g/mol. The Morgan fingerprint density at radius 2 is 1.32 bits per heavy atom. The number of carbonyl (C=O) groups is 1. The summed E-state index contributed by atoms with van der Waals surface area (Å²) in [6, 6.07) is 23.4. The Labute approximate surface area is 179 Å².